The van der Waals surface area contributed by atoms with Crippen molar-refractivity contribution in [3.05, 3.63) is 71.2 Å². The molecule has 1 aromatic carbocycles. The fraction of sp³-hybridized carbons (Fsp3) is 0.360. The van der Waals surface area contributed by atoms with Gasteiger partial charge in [0.2, 0.25) is 5.89 Å². The van der Waals surface area contributed by atoms with Crippen LogP contribution < -0.4 is 15.8 Å². The number of carbonyl (C=O) groups is 1. The van der Waals surface area contributed by atoms with Crippen molar-refractivity contribution in [2.24, 2.45) is 10.7 Å². The topological polar surface area (TPSA) is 125 Å². The number of halogens is 2. The van der Waals surface area contributed by atoms with Crippen LogP contribution in [0.25, 0.3) is 0 Å². The van der Waals surface area contributed by atoms with Crippen molar-refractivity contribution in [2.75, 3.05) is 26.1 Å². The van der Waals surface area contributed by atoms with E-state index in [2.05, 4.69) is 20.3 Å². The van der Waals surface area contributed by atoms with E-state index in [9.17, 15) is 13.6 Å². The van der Waals surface area contributed by atoms with Crippen LogP contribution in [0.15, 0.2) is 46.3 Å². The molecule has 3 aromatic rings. The van der Waals surface area contributed by atoms with Gasteiger partial charge in [-0.05, 0) is 50.5 Å². The zero-order valence-corrected chi connectivity index (χ0v) is 22.0. The van der Waals surface area contributed by atoms with Crippen LogP contribution in [0.1, 0.15) is 47.5 Å². The Bertz CT molecular complexity index is 1270. The lowest BCUT2D eigenvalue weighted by atomic mass is 9.99. The lowest BCUT2D eigenvalue weighted by Gasteiger charge is -2.28. The Morgan fingerprint density at radius 3 is 2.70 bits per heavy atom. The second-order valence-corrected chi connectivity index (χ2v) is 10.2. The molecule has 0 spiro atoms. The number of rotatable bonds is 10. The van der Waals surface area contributed by atoms with Crippen molar-refractivity contribution in [1.82, 2.24) is 9.97 Å². The van der Waals surface area contributed by atoms with E-state index in [1.165, 1.54) is 50.6 Å². The lowest BCUT2D eigenvalue weighted by molar-refractivity contribution is 0.102. The molecule has 0 fully saturated rings. The maximum absolute atomic E-state index is 14.7. The first-order chi connectivity index (χ1) is 17.5. The summed E-state index contributed by atoms with van der Waals surface area (Å²) in [4.78, 5) is 25.1. The molecule has 1 amide bonds. The summed E-state index contributed by atoms with van der Waals surface area (Å²) in [5.41, 5.74) is 6.62. The molecule has 2 heterocycles. The Morgan fingerprint density at radius 1 is 1.32 bits per heavy atom. The van der Waals surface area contributed by atoms with Crippen LogP contribution in [0.5, 0.6) is 5.75 Å². The number of pyridine rings is 1. The summed E-state index contributed by atoms with van der Waals surface area (Å²) < 4.78 is 44.7. The highest BCUT2D eigenvalue weighted by Gasteiger charge is 2.30. The van der Waals surface area contributed by atoms with Crippen molar-refractivity contribution >= 4 is 28.5 Å². The number of aryl methyl sites for hydroxylation is 1. The first kappa shape index (κ1) is 28.1. The molecule has 0 aliphatic carbocycles. The van der Waals surface area contributed by atoms with Crippen LogP contribution in [0, 0.1) is 18.6 Å². The van der Waals surface area contributed by atoms with E-state index in [1.807, 2.05) is 6.92 Å². The summed E-state index contributed by atoms with van der Waals surface area (Å²) in [6, 6.07) is 3.95. The molecule has 2 atom stereocenters. The third-order valence-corrected chi connectivity index (χ3v) is 6.47. The van der Waals surface area contributed by atoms with Crippen LogP contribution in [0.4, 0.5) is 14.5 Å². The Kier molecular flexibility index (Phi) is 9.22. The smallest absolute Gasteiger partial charge is 0.274 e. The molecule has 0 radical (unpaired) electrons. The molecule has 9 nitrogen and oxygen atoms in total. The van der Waals surface area contributed by atoms with Crippen LogP contribution in [-0.4, -0.2) is 46.6 Å². The standard InChI is InChI=1S/C25H29F2N5O4S/c1-14-8-18(36-15(2)23-30-6-7-35-23)12-31-21(14)22(33)32-17-9-16(20(27)19(26)10-17)11-25(3,13-34-5)37-24(28)29-4/h6-10,12,15H,11,13H2,1-5H3,(H2,28,29)(H,32,33)/t15-,25+/m0/s1. The number of benzene rings is 1. The molecule has 37 heavy (non-hydrogen) atoms. The highest BCUT2D eigenvalue weighted by molar-refractivity contribution is 8.15. The van der Waals surface area contributed by atoms with Gasteiger partial charge in [-0.15, -0.1) is 0 Å². The van der Waals surface area contributed by atoms with Gasteiger partial charge in [-0.2, -0.15) is 0 Å². The van der Waals surface area contributed by atoms with Crippen molar-refractivity contribution < 1.29 is 27.5 Å². The fourth-order valence-corrected chi connectivity index (χ4v) is 4.70. The van der Waals surface area contributed by atoms with Crippen LogP contribution in [-0.2, 0) is 11.2 Å². The fourth-order valence-electron chi connectivity index (χ4n) is 3.70. The van der Waals surface area contributed by atoms with Gasteiger partial charge in [0.15, 0.2) is 22.9 Å². The number of aliphatic imine (C=N–C) groups is 1. The number of carbonyl (C=O) groups excluding carboxylic acids is 1. The number of anilines is 1. The minimum absolute atomic E-state index is 0.0557. The van der Waals surface area contributed by atoms with Crippen molar-refractivity contribution in [3.63, 3.8) is 0 Å². The van der Waals surface area contributed by atoms with E-state index in [0.29, 0.717) is 17.2 Å². The van der Waals surface area contributed by atoms with Gasteiger partial charge in [0, 0.05) is 30.7 Å². The predicted molar refractivity (Wildman–Crippen MR) is 138 cm³/mol. The van der Waals surface area contributed by atoms with Gasteiger partial charge in [-0.25, -0.2) is 18.7 Å². The molecule has 0 saturated heterocycles. The minimum atomic E-state index is -1.09. The average molecular weight is 534 g/mol. The summed E-state index contributed by atoms with van der Waals surface area (Å²) in [6.07, 6.45) is 3.96. The first-order valence-corrected chi connectivity index (χ1v) is 12.1. The predicted octanol–water partition coefficient (Wildman–Crippen LogP) is 4.67. The molecule has 3 N–H and O–H groups in total. The Labute approximate surface area is 217 Å². The maximum atomic E-state index is 14.7. The number of amidine groups is 1. The molecule has 0 saturated carbocycles. The third-order valence-electron chi connectivity index (χ3n) is 5.33. The molecule has 12 heteroatoms. The number of oxazole rings is 1. The Balaban J connectivity index is 1.78. The number of hydrogen-bond acceptors (Lipinski definition) is 8. The Hall–Kier alpha value is -3.51. The van der Waals surface area contributed by atoms with E-state index < -0.39 is 28.4 Å². The van der Waals surface area contributed by atoms with Gasteiger partial charge in [0.1, 0.15) is 17.7 Å². The van der Waals surface area contributed by atoms with Crippen molar-refractivity contribution in [3.8, 4) is 5.75 Å². The van der Waals surface area contributed by atoms with Gasteiger partial charge in [0.25, 0.3) is 5.91 Å². The lowest BCUT2D eigenvalue weighted by Crippen LogP contribution is -2.33. The quantitative estimate of drug-likeness (QED) is 0.284. The normalized spacial score (nSPS) is 14.2. The van der Waals surface area contributed by atoms with Crippen LogP contribution in [0.3, 0.4) is 0 Å². The zero-order chi connectivity index (χ0) is 27.2. The summed E-state index contributed by atoms with van der Waals surface area (Å²) in [6.45, 7) is 5.47. The number of nitrogens with zero attached hydrogens (tertiary/aromatic N) is 3. The van der Waals surface area contributed by atoms with E-state index in [1.54, 1.807) is 19.9 Å². The Morgan fingerprint density at radius 2 is 2.08 bits per heavy atom. The molecule has 2 aromatic heterocycles. The maximum Gasteiger partial charge on any atom is 0.274 e. The summed E-state index contributed by atoms with van der Waals surface area (Å²) in [5.74, 6) is -1.87. The average Bonchev–Trinajstić information content (AvgIpc) is 3.37. The second kappa shape index (κ2) is 12.2. The van der Waals surface area contributed by atoms with Crippen LogP contribution >= 0.6 is 11.8 Å². The van der Waals surface area contributed by atoms with E-state index in [4.69, 9.17) is 19.6 Å². The van der Waals surface area contributed by atoms with Crippen LogP contribution in [0.2, 0.25) is 0 Å². The van der Waals surface area contributed by atoms with Gasteiger partial charge < -0.3 is 24.9 Å². The molecule has 0 aliphatic rings. The summed E-state index contributed by atoms with van der Waals surface area (Å²) in [7, 11) is 3.05. The summed E-state index contributed by atoms with van der Waals surface area (Å²) in [5, 5.41) is 2.89. The molecular formula is C25H29F2N5O4S. The van der Waals surface area contributed by atoms with Crippen molar-refractivity contribution in [1.29, 1.82) is 0 Å². The van der Waals surface area contributed by atoms with Gasteiger partial charge >= 0.3 is 0 Å². The number of thioether (sulfide) groups is 1. The number of methoxy groups -OCH3 is 1. The molecular weight excluding hydrogens is 504 g/mol. The number of nitrogens with two attached hydrogens (primary N) is 1. The van der Waals surface area contributed by atoms with Gasteiger partial charge in [-0.1, -0.05) is 11.8 Å². The van der Waals surface area contributed by atoms with Gasteiger partial charge in [-0.3, -0.25) is 9.79 Å². The number of ether oxygens (including phenoxy) is 2. The van der Waals surface area contributed by atoms with E-state index in [0.717, 1.165) is 6.07 Å². The highest BCUT2D eigenvalue weighted by Crippen LogP contribution is 2.32. The highest BCUT2D eigenvalue weighted by atomic mass is 32.2. The molecule has 0 aliphatic heterocycles. The first-order valence-electron chi connectivity index (χ1n) is 11.3. The molecule has 198 valence electrons. The largest absolute Gasteiger partial charge is 0.479 e. The summed E-state index contributed by atoms with van der Waals surface area (Å²) >= 11 is 1.20. The number of nitrogens with one attached hydrogen (secondary N) is 1. The number of amides is 1. The van der Waals surface area contributed by atoms with E-state index >= 15 is 0 Å². The van der Waals surface area contributed by atoms with Crippen molar-refractivity contribution in [2.45, 2.75) is 38.0 Å². The number of hydrogen-bond donors (Lipinski definition) is 2. The van der Waals surface area contributed by atoms with E-state index in [-0.39, 0.29) is 35.1 Å². The second-order valence-electron chi connectivity index (χ2n) is 8.58. The molecule has 0 bridgehead atoms. The van der Waals surface area contributed by atoms with Gasteiger partial charge in [0.05, 0.1) is 19.0 Å². The monoisotopic (exact) mass is 533 g/mol. The zero-order valence-electron chi connectivity index (χ0n) is 21.2. The SMILES string of the molecule is C/N=C(/N)S[C@@](C)(COC)Cc1cc(NC(=O)c2ncc(O[C@@H](C)c3ncco3)cc2C)cc(F)c1F. The minimum Gasteiger partial charge on any atom is -0.479 e. The third kappa shape index (κ3) is 7.26. The number of aromatic nitrogens is 2. The molecule has 3 rings (SSSR count). The molecule has 0 unspecified atom stereocenters.